The largest absolute Gasteiger partial charge is 0.299 e. The molecule has 0 saturated carbocycles. The summed E-state index contributed by atoms with van der Waals surface area (Å²) in [4.78, 5) is 23.1. The van der Waals surface area contributed by atoms with E-state index in [1.807, 2.05) is 13.8 Å². The molecule has 0 rings (SSSR count). The van der Waals surface area contributed by atoms with Crippen LogP contribution in [-0.2, 0) is 9.59 Å². The average Bonchev–Trinajstić information content (AvgIpc) is 2.20. The predicted octanol–water partition coefficient (Wildman–Crippen LogP) is 3.53. The van der Waals surface area contributed by atoms with Crippen LogP contribution in [0.5, 0.6) is 0 Å². The van der Waals surface area contributed by atoms with Gasteiger partial charge in [0.15, 0.2) is 0 Å². The Morgan fingerprint density at radius 2 is 1.60 bits per heavy atom. The van der Waals surface area contributed by atoms with E-state index < -0.39 is 0 Å². The molecule has 0 aromatic carbocycles. The molecule has 0 aliphatic carbocycles. The van der Waals surface area contributed by atoms with Gasteiger partial charge in [0, 0.05) is 12.3 Å². The molecular formula is C13H24O2. The Morgan fingerprint density at radius 3 is 2.07 bits per heavy atom. The van der Waals surface area contributed by atoms with Crippen LogP contribution in [0.1, 0.15) is 65.7 Å². The normalized spacial score (nSPS) is 10.7. The van der Waals surface area contributed by atoms with E-state index in [9.17, 15) is 9.59 Å². The van der Waals surface area contributed by atoms with Crippen molar-refractivity contribution in [2.24, 2.45) is 5.92 Å². The van der Waals surface area contributed by atoms with Crippen LogP contribution in [0.4, 0.5) is 0 Å². The molecule has 0 N–H and O–H groups in total. The molecule has 15 heavy (non-hydrogen) atoms. The first-order valence-corrected chi connectivity index (χ1v) is 6.20. The van der Waals surface area contributed by atoms with Crippen molar-refractivity contribution in [3.8, 4) is 0 Å². The Labute approximate surface area is 93.4 Å². The quantitative estimate of drug-likeness (QED) is 0.433. The second-order valence-electron chi connectivity index (χ2n) is 4.15. The first-order valence-electron chi connectivity index (χ1n) is 6.20. The predicted molar refractivity (Wildman–Crippen MR) is 62.8 cm³/mol. The van der Waals surface area contributed by atoms with Crippen LogP contribution < -0.4 is 0 Å². The van der Waals surface area contributed by atoms with Gasteiger partial charge in [0.05, 0.1) is 6.42 Å². The van der Waals surface area contributed by atoms with Crippen molar-refractivity contribution in [3.63, 3.8) is 0 Å². The molecule has 0 heterocycles. The molecule has 0 aliphatic heterocycles. The van der Waals surface area contributed by atoms with E-state index in [4.69, 9.17) is 0 Å². The molecule has 88 valence electrons. The fraction of sp³-hybridized carbons (Fsp3) is 0.846. The molecule has 0 aliphatic rings. The molecule has 0 unspecified atom stereocenters. The third-order valence-electron chi connectivity index (χ3n) is 2.87. The summed E-state index contributed by atoms with van der Waals surface area (Å²) in [6, 6.07) is 0. The zero-order valence-electron chi connectivity index (χ0n) is 10.3. The van der Waals surface area contributed by atoms with Gasteiger partial charge in [0.1, 0.15) is 11.6 Å². The summed E-state index contributed by atoms with van der Waals surface area (Å²) in [7, 11) is 0. The lowest BCUT2D eigenvalue weighted by Gasteiger charge is -2.09. The van der Waals surface area contributed by atoms with Gasteiger partial charge in [-0.15, -0.1) is 0 Å². The third-order valence-corrected chi connectivity index (χ3v) is 2.87. The molecule has 0 aromatic heterocycles. The zero-order valence-corrected chi connectivity index (χ0v) is 10.3. The molecule has 0 amide bonds. The number of hydrogen-bond acceptors (Lipinski definition) is 2. The van der Waals surface area contributed by atoms with Crippen LogP contribution in [0.15, 0.2) is 0 Å². The highest BCUT2D eigenvalue weighted by Crippen LogP contribution is 2.12. The van der Waals surface area contributed by atoms with E-state index in [0.29, 0.717) is 6.42 Å². The zero-order chi connectivity index (χ0) is 11.7. The Morgan fingerprint density at radius 1 is 1.00 bits per heavy atom. The van der Waals surface area contributed by atoms with Crippen molar-refractivity contribution in [1.29, 1.82) is 0 Å². The third kappa shape index (κ3) is 6.43. The summed E-state index contributed by atoms with van der Waals surface area (Å²) in [5, 5.41) is 0. The Kier molecular flexibility index (Phi) is 8.25. The fourth-order valence-corrected chi connectivity index (χ4v) is 1.74. The van der Waals surface area contributed by atoms with Crippen LogP contribution in [0, 0.1) is 5.92 Å². The maximum absolute atomic E-state index is 11.6. The molecule has 2 nitrogen and oxygen atoms in total. The fourth-order valence-electron chi connectivity index (χ4n) is 1.74. The van der Waals surface area contributed by atoms with Gasteiger partial charge >= 0.3 is 0 Å². The van der Waals surface area contributed by atoms with Crippen LogP contribution in [0.3, 0.4) is 0 Å². The summed E-state index contributed by atoms with van der Waals surface area (Å²) in [6.45, 7) is 6.13. The van der Waals surface area contributed by atoms with Crippen molar-refractivity contribution in [2.75, 3.05) is 0 Å². The van der Waals surface area contributed by atoms with Gasteiger partial charge in [0.2, 0.25) is 0 Å². The number of unbranched alkanes of at least 4 members (excludes halogenated alkanes) is 2. The van der Waals surface area contributed by atoms with Crippen molar-refractivity contribution in [3.05, 3.63) is 0 Å². The minimum atomic E-state index is 0.0973. The van der Waals surface area contributed by atoms with E-state index in [0.717, 1.165) is 32.1 Å². The first-order chi connectivity index (χ1) is 7.15. The van der Waals surface area contributed by atoms with Crippen LogP contribution in [0.2, 0.25) is 0 Å². The Balaban J connectivity index is 3.80. The molecule has 0 atom stereocenters. The van der Waals surface area contributed by atoms with Gasteiger partial charge < -0.3 is 0 Å². The average molecular weight is 212 g/mol. The second-order valence-corrected chi connectivity index (χ2v) is 4.15. The van der Waals surface area contributed by atoms with Crippen molar-refractivity contribution in [2.45, 2.75) is 65.7 Å². The number of rotatable bonds is 9. The summed E-state index contributed by atoms with van der Waals surface area (Å²) < 4.78 is 0. The highest BCUT2D eigenvalue weighted by Gasteiger charge is 2.17. The van der Waals surface area contributed by atoms with E-state index in [2.05, 4.69) is 6.92 Å². The number of carbonyl (C=O) groups excluding carboxylic acids is 2. The van der Waals surface area contributed by atoms with Gasteiger partial charge in [0.25, 0.3) is 0 Å². The highest BCUT2D eigenvalue weighted by atomic mass is 16.1. The van der Waals surface area contributed by atoms with Crippen molar-refractivity contribution in [1.82, 2.24) is 0 Å². The molecule has 0 spiro atoms. The smallest absolute Gasteiger partial charge is 0.143 e. The van der Waals surface area contributed by atoms with Crippen LogP contribution in [-0.4, -0.2) is 11.6 Å². The standard InChI is InChI=1S/C13H24O2/c1-4-7-8-9-12(14)10-13(15)11(5-2)6-3/h11H,4-10H2,1-3H3. The second kappa shape index (κ2) is 8.63. The lowest BCUT2D eigenvalue weighted by atomic mass is 9.94. The van der Waals surface area contributed by atoms with Gasteiger partial charge in [-0.3, -0.25) is 9.59 Å². The number of Topliss-reactive ketones (excluding diaryl/α,β-unsaturated/α-hetero) is 2. The molecular weight excluding hydrogens is 188 g/mol. The summed E-state index contributed by atoms with van der Waals surface area (Å²) in [5.41, 5.74) is 0. The number of carbonyl (C=O) groups is 2. The molecule has 2 heteroatoms. The van der Waals surface area contributed by atoms with Gasteiger partial charge in [-0.2, -0.15) is 0 Å². The lowest BCUT2D eigenvalue weighted by Crippen LogP contribution is -2.16. The molecule has 0 fully saturated rings. The van der Waals surface area contributed by atoms with E-state index in [1.165, 1.54) is 0 Å². The van der Waals surface area contributed by atoms with Gasteiger partial charge in [-0.05, 0) is 19.3 Å². The maximum atomic E-state index is 11.6. The molecule has 0 saturated heterocycles. The molecule has 0 radical (unpaired) electrons. The minimum Gasteiger partial charge on any atom is -0.299 e. The summed E-state index contributed by atoms with van der Waals surface area (Å²) >= 11 is 0. The lowest BCUT2D eigenvalue weighted by molar-refractivity contribution is -0.129. The van der Waals surface area contributed by atoms with Crippen LogP contribution in [0.25, 0.3) is 0 Å². The maximum Gasteiger partial charge on any atom is 0.143 e. The van der Waals surface area contributed by atoms with E-state index >= 15 is 0 Å². The molecule has 0 aromatic rings. The molecule has 0 bridgehead atoms. The Bertz CT molecular complexity index is 193. The first kappa shape index (κ1) is 14.3. The topological polar surface area (TPSA) is 34.1 Å². The van der Waals surface area contributed by atoms with Crippen molar-refractivity contribution >= 4 is 11.6 Å². The van der Waals surface area contributed by atoms with Crippen LogP contribution >= 0.6 is 0 Å². The SMILES string of the molecule is CCCCCC(=O)CC(=O)C(CC)CC. The van der Waals surface area contributed by atoms with E-state index in [1.54, 1.807) is 0 Å². The Hall–Kier alpha value is -0.660. The number of hydrogen-bond donors (Lipinski definition) is 0. The number of ketones is 2. The van der Waals surface area contributed by atoms with Gasteiger partial charge in [-0.25, -0.2) is 0 Å². The van der Waals surface area contributed by atoms with Crippen molar-refractivity contribution < 1.29 is 9.59 Å². The summed E-state index contributed by atoms with van der Waals surface area (Å²) in [6.07, 6.45) is 5.61. The summed E-state index contributed by atoms with van der Waals surface area (Å²) in [5.74, 6) is 0.363. The monoisotopic (exact) mass is 212 g/mol. The highest BCUT2D eigenvalue weighted by molar-refractivity contribution is 6.00. The van der Waals surface area contributed by atoms with Gasteiger partial charge in [-0.1, -0.05) is 33.6 Å². The minimum absolute atomic E-state index is 0.0973. The van der Waals surface area contributed by atoms with E-state index in [-0.39, 0.29) is 23.9 Å².